The van der Waals surface area contributed by atoms with Crippen LogP contribution in [0.15, 0.2) is 47.8 Å². The lowest BCUT2D eigenvalue weighted by Crippen LogP contribution is -2.51. The SMILES string of the molecule is O=C(Nc1nc2c(s1)CN(C(=O)C1(c3ccccc3)CCOCC1)CC2)c1cccs1. The molecule has 0 saturated carbocycles. The summed E-state index contributed by atoms with van der Waals surface area (Å²) in [7, 11) is 0. The number of rotatable bonds is 4. The van der Waals surface area contributed by atoms with E-state index in [0.717, 1.165) is 16.1 Å². The Morgan fingerprint density at radius 3 is 2.65 bits per heavy atom. The summed E-state index contributed by atoms with van der Waals surface area (Å²) >= 11 is 2.87. The molecule has 1 saturated heterocycles. The molecule has 0 radical (unpaired) electrons. The van der Waals surface area contributed by atoms with Gasteiger partial charge in [-0.15, -0.1) is 11.3 Å². The van der Waals surface area contributed by atoms with Crippen LogP contribution in [0.5, 0.6) is 0 Å². The van der Waals surface area contributed by atoms with Crippen LogP contribution in [0.25, 0.3) is 0 Å². The minimum Gasteiger partial charge on any atom is -0.381 e. The second kappa shape index (κ2) is 8.53. The van der Waals surface area contributed by atoms with Crippen molar-refractivity contribution in [2.75, 3.05) is 25.1 Å². The zero-order valence-corrected chi connectivity index (χ0v) is 18.6. The molecule has 2 aliphatic rings. The van der Waals surface area contributed by atoms with Crippen molar-refractivity contribution in [3.05, 3.63) is 68.9 Å². The average Bonchev–Trinajstić information content (AvgIpc) is 3.49. The van der Waals surface area contributed by atoms with Crippen molar-refractivity contribution in [1.82, 2.24) is 9.88 Å². The fourth-order valence-electron chi connectivity index (χ4n) is 4.39. The van der Waals surface area contributed by atoms with Crippen molar-refractivity contribution in [2.45, 2.75) is 31.2 Å². The largest absolute Gasteiger partial charge is 0.381 e. The molecule has 1 aromatic carbocycles. The Labute approximate surface area is 188 Å². The Kier molecular flexibility index (Phi) is 5.60. The maximum atomic E-state index is 13.8. The lowest BCUT2D eigenvalue weighted by atomic mass is 9.73. The van der Waals surface area contributed by atoms with Gasteiger partial charge in [0, 0.05) is 31.1 Å². The molecule has 31 heavy (non-hydrogen) atoms. The highest BCUT2D eigenvalue weighted by Gasteiger charge is 2.44. The van der Waals surface area contributed by atoms with Crippen LogP contribution < -0.4 is 5.32 Å². The second-order valence-electron chi connectivity index (χ2n) is 7.86. The van der Waals surface area contributed by atoms with E-state index >= 15 is 0 Å². The first kappa shape index (κ1) is 20.4. The molecule has 0 spiro atoms. The van der Waals surface area contributed by atoms with Crippen molar-refractivity contribution < 1.29 is 14.3 Å². The zero-order valence-electron chi connectivity index (χ0n) is 17.0. The summed E-state index contributed by atoms with van der Waals surface area (Å²) < 4.78 is 5.59. The summed E-state index contributed by atoms with van der Waals surface area (Å²) in [5.41, 5.74) is 1.52. The minimum atomic E-state index is -0.530. The molecule has 0 atom stereocenters. The summed E-state index contributed by atoms with van der Waals surface area (Å²) in [5, 5.41) is 5.38. The van der Waals surface area contributed by atoms with Gasteiger partial charge in [0.1, 0.15) is 0 Å². The summed E-state index contributed by atoms with van der Waals surface area (Å²) in [6.07, 6.45) is 2.10. The molecule has 2 aliphatic heterocycles. The molecule has 0 unspecified atom stereocenters. The number of carbonyl (C=O) groups excluding carboxylic acids is 2. The van der Waals surface area contributed by atoms with Gasteiger partial charge in [-0.05, 0) is 29.9 Å². The van der Waals surface area contributed by atoms with Crippen LogP contribution in [0.2, 0.25) is 0 Å². The molecule has 160 valence electrons. The van der Waals surface area contributed by atoms with Gasteiger partial charge in [0.25, 0.3) is 5.91 Å². The average molecular weight is 454 g/mol. The van der Waals surface area contributed by atoms with Gasteiger partial charge in [-0.25, -0.2) is 4.98 Å². The molecule has 4 heterocycles. The third-order valence-electron chi connectivity index (χ3n) is 6.07. The van der Waals surface area contributed by atoms with Crippen LogP contribution in [0.4, 0.5) is 5.13 Å². The molecule has 2 amide bonds. The zero-order chi connectivity index (χ0) is 21.3. The van der Waals surface area contributed by atoms with Crippen LogP contribution in [0.3, 0.4) is 0 Å². The first-order valence-corrected chi connectivity index (χ1v) is 12.1. The number of nitrogens with one attached hydrogen (secondary N) is 1. The molecular formula is C23H23N3O3S2. The summed E-state index contributed by atoms with van der Waals surface area (Å²) in [4.78, 5) is 34.5. The lowest BCUT2D eigenvalue weighted by molar-refractivity contribution is -0.142. The van der Waals surface area contributed by atoms with Crippen LogP contribution >= 0.6 is 22.7 Å². The van der Waals surface area contributed by atoms with Crippen LogP contribution in [-0.4, -0.2) is 41.5 Å². The van der Waals surface area contributed by atoms with Crippen molar-refractivity contribution in [2.24, 2.45) is 0 Å². The third-order valence-corrected chi connectivity index (χ3v) is 7.93. The molecule has 8 heteroatoms. The Morgan fingerprint density at radius 2 is 1.90 bits per heavy atom. The number of hydrogen-bond donors (Lipinski definition) is 1. The van der Waals surface area contributed by atoms with E-state index < -0.39 is 5.41 Å². The normalized spacial score (nSPS) is 17.7. The highest BCUT2D eigenvalue weighted by atomic mass is 32.1. The number of ether oxygens (including phenoxy) is 1. The van der Waals surface area contributed by atoms with E-state index in [1.54, 1.807) is 6.07 Å². The highest BCUT2D eigenvalue weighted by Crippen LogP contribution is 2.39. The number of amides is 2. The van der Waals surface area contributed by atoms with Gasteiger partial charge < -0.3 is 9.64 Å². The van der Waals surface area contributed by atoms with E-state index in [9.17, 15) is 9.59 Å². The first-order valence-electron chi connectivity index (χ1n) is 10.4. The lowest BCUT2D eigenvalue weighted by Gasteiger charge is -2.41. The Hall–Kier alpha value is -2.55. The van der Waals surface area contributed by atoms with E-state index in [4.69, 9.17) is 4.74 Å². The molecule has 3 aromatic rings. The number of hydrogen-bond acceptors (Lipinski definition) is 6. The fourth-order valence-corrected chi connectivity index (χ4v) is 6.03. The minimum absolute atomic E-state index is 0.140. The molecule has 0 aliphatic carbocycles. The quantitative estimate of drug-likeness (QED) is 0.646. The van der Waals surface area contributed by atoms with E-state index in [1.807, 2.05) is 34.5 Å². The molecule has 6 nitrogen and oxygen atoms in total. The standard InChI is InChI=1S/C23H23N3O3S2/c27-20(18-7-4-14-30-18)25-22-24-17-8-11-26(15-19(17)31-22)21(28)23(9-12-29-13-10-23)16-5-2-1-3-6-16/h1-7,14H,8-13,15H2,(H,24,25,27). The number of carbonyl (C=O) groups is 2. The molecule has 0 bridgehead atoms. The molecule has 1 fully saturated rings. The number of benzene rings is 1. The Morgan fingerprint density at radius 1 is 1.10 bits per heavy atom. The van der Waals surface area contributed by atoms with Crippen molar-refractivity contribution in [3.63, 3.8) is 0 Å². The van der Waals surface area contributed by atoms with Crippen molar-refractivity contribution in [3.8, 4) is 0 Å². The predicted octanol–water partition coefficient (Wildman–Crippen LogP) is 4.09. The van der Waals surface area contributed by atoms with E-state index in [0.29, 0.717) is 55.6 Å². The van der Waals surface area contributed by atoms with Gasteiger partial charge in [-0.1, -0.05) is 47.7 Å². The number of thiophene rings is 1. The van der Waals surface area contributed by atoms with Crippen molar-refractivity contribution in [1.29, 1.82) is 0 Å². The molecule has 2 aromatic heterocycles. The van der Waals surface area contributed by atoms with Gasteiger partial charge in [0.2, 0.25) is 5.91 Å². The van der Waals surface area contributed by atoms with Crippen LogP contribution in [-0.2, 0) is 27.9 Å². The van der Waals surface area contributed by atoms with Gasteiger partial charge in [0.05, 0.1) is 22.5 Å². The topological polar surface area (TPSA) is 71.5 Å². The Bertz CT molecular complexity index is 1070. The summed E-state index contributed by atoms with van der Waals surface area (Å²) in [6.45, 7) is 2.37. The van der Waals surface area contributed by atoms with Gasteiger partial charge in [-0.3, -0.25) is 14.9 Å². The molecule has 5 rings (SSSR count). The third kappa shape index (κ3) is 3.91. The van der Waals surface area contributed by atoms with Gasteiger partial charge >= 0.3 is 0 Å². The van der Waals surface area contributed by atoms with Crippen molar-refractivity contribution >= 4 is 39.6 Å². The predicted molar refractivity (Wildman–Crippen MR) is 122 cm³/mol. The van der Waals surface area contributed by atoms with Crippen LogP contribution in [0, 0.1) is 0 Å². The molecule has 1 N–H and O–H groups in total. The van der Waals surface area contributed by atoms with Crippen LogP contribution in [0.1, 0.15) is 38.6 Å². The van der Waals surface area contributed by atoms with E-state index in [2.05, 4.69) is 22.4 Å². The fraction of sp³-hybridized carbons (Fsp3) is 0.348. The maximum Gasteiger partial charge on any atom is 0.267 e. The number of anilines is 1. The Balaban J connectivity index is 1.35. The number of thiazole rings is 1. The number of nitrogens with zero attached hydrogens (tertiary/aromatic N) is 2. The monoisotopic (exact) mass is 453 g/mol. The van der Waals surface area contributed by atoms with Gasteiger partial charge in [0.15, 0.2) is 5.13 Å². The number of fused-ring (bicyclic) bond motifs is 1. The summed E-state index contributed by atoms with van der Waals surface area (Å²) in [6, 6.07) is 13.8. The smallest absolute Gasteiger partial charge is 0.267 e. The van der Waals surface area contributed by atoms with E-state index in [1.165, 1.54) is 22.7 Å². The number of aromatic nitrogens is 1. The van der Waals surface area contributed by atoms with Gasteiger partial charge in [-0.2, -0.15) is 0 Å². The van der Waals surface area contributed by atoms with E-state index in [-0.39, 0.29) is 11.8 Å². The summed E-state index contributed by atoms with van der Waals surface area (Å²) in [5.74, 6) is 0.0319. The first-order chi connectivity index (χ1) is 15.2. The highest BCUT2D eigenvalue weighted by molar-refractivity contribution is 7.16. The molecular weight excluding hydrogens is 430 g/mol. The second-order valence-corrected chi connectivity index (χ2v) is 9.89. The maximum absolute atomic E-state index is 13.8.